The van der Waals surface area contributed by atoms with Crippen LogP contribution in [0, 0.1) is 6.92 Å². The van der Waals surface area contributed by atoms with E-state index >= 15 is 0 Å². The lowest BCUT2D eigenvalue weighted by molar-refractivity contribution is -0.117. The van der Waals surface area contributed by atoms with Crippen LogP contribution in [0.5, 0.6) is 0 Å². The average molecular weight is 403 g/mol. The number of aryl methyl sites for hydroxylation is 1. The SMILES string of the molecule is Cc1ccc(NC(=O)CN(Cc2ccco2)Cc2ccco2)c(Br)c1. The molecule has 0 radical (unpaired) electrons. The minimum Gasteiger partial charge on any atom is -0.468 e. The van der Waals surface area contributed by atoms with E-state index in [1.807, 2.05) is 54.3 Å². The van der Waals surface area contributed by atoms with Gasteiger partial charge in [-0.25, -0.2) is 0 Å². The molecule has 0 aliphatic rings. The molecule has 0 fully saturated rings. The Hall–Kier alpha value is -2.31. The van der Waals surface area contributed by atoms with E-state index in [0.29, 0.717) is 13.1 Å². The van der Waals surface area contributed by atoms with Gasteiger partial charge in [0, 0.05) is 4.47 Å². The molecule has 0 saturated carbocycles. The lowest BCUT2D eigenvalue weighted by atomic mass is 10.2. The fourth-order valence-corrected chi connectivity index (χ4v) is 3.12. The number of halogens is 1. The second-order valence-corrected chi connectivity index (χ2v) is 6.69. The Morgan fingerprint density at radius 2 is 1.72 bits per heavy atom. The second kappa shape index (κ2) is 8.18. The van der Waals surface area contributed by atoms with Crippen molar-refractivity contribution in [3.63, 3.8) is 0 Å². The Kier molecular flexibility index (Phi) is 5.73. The molecule has 0 spiro atoms. The molecule has 0 bridgehead atoms. The Bertz CT molecular complexity index is 777. The van der Waals surface area contributed by atoms with E-state index in [9.17, 15) is 4.79 Å². The third kappa shape index (κ3) is 5.08. The molecule has 0 atom stereocenters. The van der Waals surface area contributed by atoms with E-state index in [1.54, 1.807) is 12.5 Å². The van der Waals surface area contributed by atoms with Gasteiger partial charge in [0.05, 0.1) is 37.8 Å². The third-order valence-corrected chi connectivity index (χ3v) is 4.34. The number of amides is 1. The molecule has 0 aliphatic carbocycles. The summed E-state index contributed by atoms with van der Waals surface area (Å²) >= 11 is 3.48. The van der Waals surface area contributed by atoms with Crippen LogP contribution in [0.2, 0.25) is 0 Å². The largest absolute Gasteiger partial charge is 0.468 e. The molecule has 3 aromatic rings. The van der Waals surface area contributed by atoms with Crippen molar-refractivity contribution < 1.29 is 13.6 Å². The van der Waals surface area contributed by atoms with E-state index in [4.69, 9.17) is 8.83 Å². The zero-order valence-corrected chi connectivity index (χ0v) is 15.5. The van der Waals surface area contributed by atoms with E-state index < -0.39 is 0 Å². The fourth-order valence-electron chi connectivity index (χ4n) is 2.53. The summed E-state index contributed by atoms with van der Waals surface area (Å²) in [5.74, 6) is 1.51. The second-order valence-electron chi connectivity index (χ2n) is 5.84. The highest BCUT2D eigenvalue weighted by molar-refractivity contribution is 9.10. The first-order chi connectivity index (χ1) is 12.1. The molecule has 2 aromatic heterocycles. The van der Waals surface area contributed by atoms with Gasteiger partial charge in [-0.2, -0.15) is 0 Å². The number of nitrogens with one attached hydrogen (secondary N) is 1. The number of hydrogen-bond donors (Lipinski definition) is 1. The minimum absolute atomic E-state index is 0.0948. The van der Waals surface area contributed by atoms with Gasteiger partial charge in [-0.05, 0) is 64.8 Å². The molecule has 1 aromatic carbocycles. The van der Waals surface area contributed by atoms with Crippen molar-refractivity contribution in [2.45, 2.75) is 20.0 Å². The van der Waals surface area contributed by atoms with Gasteiger partial charge in [-0.15, -0.1) is 0 Å². The molecule has 0 aliphatic heterocycles. The number of nitrogens with zero attached hydrogens (tertiary/aromatic N) is 1. The molecule has 6 heteroatoms. The van der Waals surface area contributed by atoms with Gasteiger partial charge in [0.25, 0.3) is 0 Å². The number of carbonyl (C=O) groups excluding carboxylic acids is 1. The summed E-state index contributed by atoms with van der Waals surface area (Å²) in [6.07, 6.45) is 3.26. The smallest absolute Gasteiger partial charge is 0.238 e. The number of hydrogen-bond acceptors (Lipinski definition) is 4. The summed E-state index contributed by atoms with van der Waals surface area (Å²) in [6.45, 7) is 3.28. The van der Waals surface area contributed by atoms with Crippen LogP contribution in [0.15, 0.2) is 68.3 Å². The first-order valence-corrected chi connectivity index (χ1v) is 8.72. The summed E-state index contributed by atoms with van der Waals surface area (Å²) < 4.78 is 11.7. The van der Waals surface area contributed by atoms with Crippen LogP contribution in [-0.2, 0) is 17.9 Å². The summed E-state index contributed by atoms with van der Waals surface area (Å²) in [5, 5.41) is 2.94. The van der Waals surface area contributed by atoms with Crippen LogP contribution in [0.3, 0.4) is 0 Å². The molecule has 130 valence electrons. The van der Waals surface area contributed by atoms with Gasteiger partial charge in [-0.3, -0.25) is 9.69 Å². The average Bonchev–Trinajstić information content (AvgIpc) is 3.24. The molecule has 2 heterocycles. The van der Waals surface area contributed by atoms with Gasteiger partial charge >= 0.3 is 0 Å². The van der Waals surface area contributed by atoms with Crippen LogP contribution in [0.1, 0.15) is 17.1 Å². The van der Waals surface area contributed by atoms with Crippen molar-refractivity contribution in [1.29, 1.82) is 0 Å². The predicted molar refractivity (Wildman–Crippen MR) is 99.0 cm³/mol. The van der Waals surface area contributed by atoms with E-state index in [0.717, 1.165) is 27.2 Å². The van der Waals surface area contributed by atoms with Gasteiger partial charge < -0.3 is 14.2 Å². The summed E-state index contributed by atoms with van der Waals surface area (Å²) in [7, 11) is 0. The third-order valence-electron chi connectivity index (χ3n) is 3.68. The van der Waals surface area contributed by atoms with Crippen LogP contribution < -0.4 is 5.32 Å². The van der Waals surface area contributed by atoms with Crippen molar-refractivity contribution in [2.24, 2.45) is 0 Å². The molecule has 0 unspecified atom stereocenters. The fraction of sp³-hybridized carbons (Fsp3) is 0.211. The van der Waals surface area contributed by atoms with Crippen molar-refractivity contribution in [1.82, 2.24) is 4.90 Å². The normalized spacial score (nSPS) is 11.0. The van der Waals surface area contributed by atoms with E-state index in [2.05, 4.69) is 21.2 Å². The Labute approximate surface area is 154 Å². The van der Waals surface area contributed by atoms with Gasteiger partial charge in [0.1, 0.15) is 11.5 Å². The Balaban J connectivity index is 1.66. The Morgan fingerprint density at radius 3 is 2.24 bits per heavy atom. The maximum absolute atomic E-state index is 12.5. The molecule has 1 N–H and O–H groups in total. The van der Waals surface area contributed by atoms with Crippen molar-refractivity contribution in [3.05, 3.63) is 76.5 Å². The monoisotopic (exact) mass is 402 g/mol. The van der Waals surface area contributed by atoms with Crippen molar-refractivity contribution in [3.8, 4) is 0 Å². The van der Waals surface area contributed by atoms with Gasteiger partial charge in [0.15, 0.2) is 0 Å². The van der Waals surface area contributed by atoms with Crippen LogP contribution in [0.4, 0.5) is 5.69 Å². The highest BCUT2D eigenvalue weighted by Gasteiger charge is 2.15. The number of anilines is 1. The topological polar surface area (TPSA) is 58.6 Å². The number of furan rings is 2. The zero-order chi connectivity index (χ0) is 17.6. The first-order valence-electron chi connectivity index (χ1n) is 7.93. The number of rotatable bonds is 7. The standard InChI is InChI=1S/C19H19BrN2O3/c1-14-6-7-18(17(20)10-14)21-19(23)13-22(11-15-4-2-8-24-15)12-16-5-3-9-25-16/h2-10H,11-13H2,1H3,(H,21,23). The molecule has 1 amide bonds. The summed E-state index contributed by atoms with van der Waals surface area (Å²) in [6, 6.07) is 13.3. The van der Waals surface area contributed by atoms with Gasteiger partial charge in [0.2, 0.25) is 5.91 Å². The van der Waals surface area contributed by atoms with Crippen LogP contribution in [-0.4, -0.2) is 17.4 Å². The van der Waals surface area contributed by atoms with Crippen LogP contribution in [0.25, 0.3) is 0 Å². The molecular formula is C19H19BrN2O3. The van der Waals surface area contributed by atoms with Gasteiger partial charge in [-0.1, -0.05) is 6.07 Å². The molecule has 0 saturated heterocycles. The van der Waals surface area contributed by atoms with Crippen molar-refractivity contribution in [2.75, 3.05) is 11.9 Å². The van der Waals surface area contributed by atoms with Crippen LogP contribution >= 0.6 is 15.9 Å². The summed E-state index contributed by atoms with van der Waals surface area (Å²) in [5.41, 5.74) is 1.88. The highest BCUT2D eigenvalue weighted by atomic mass is 79.9. The highest BCUT2D eigenvalue weighted by Crippen LogP contribution is 2.23. The maximum atomic E-state index is 12.5. The molecule has 3 rings (SSSR count). The maximum Gasteiger partial charge on any atom is 0.238 e. The molecule has 25 heavy (non-hydrogen) atoms. The lowest BCUT2D eigenvalue weighted by Crippen LogP contribution is -2.32. The summed E-state index contributed by atoms with van der Waals surface area (Å²) in [4.78, 5) is 14.4. The minimum atomic E-state index is -0.0948. The lowest BCUT2D eigenvalue weighted by Gasteiger charge is -2.20. The molecular weight excluding hydrogens is 384 g/mol. The Morgan fingerprint density at radius 1 is 1.08 bits per heavy atom. The van der Waals surface area contributed by atoms with E-state index in [1.165, 1.54) is 0 Å². The predicted octanol–water partition coefficient (Wildman–Crippen LogP) is 4.58. The van der Waals surface area contributed by atoms with Crippen molar-refractivity contribution >= 4 is 27.5 Å². The quantitative estimate of drug-likeness (QED) is 0.627. The zero-order valence-electron chi connectivity index (χ0n) is 13.9. The molecule has 5 nitrogen and oxygen atoms in total. The first kappa shape index (κ1) is 17.5. The van der Waals surface area contributed by atoms with E-state index in [-0.39, 0.29) is 12.5 Å². The number of carbonyl (C=O) groups is 1. The number of benzene rings is 1.